The average Bonchev–Trinajstić information content (AvgIpc) is 3.00. The molecule has 0 spiro atoms. The largest absolute Gasteiger partial charge is 0.494 e. The Labute approximate surface area is 255 Å². The van der Waals surface area contributed by atoms with Crippen LogP contribution in [0, 0.1) is 6.92 Å². The molecule has 0 unspecified atom stereocenters. The summed E-state index contributed by atoms with van der Waals surface area (Å²) < 4.78 is 12.3. The number of carbonyl (C=O) groups excluding carboxylic acids is 1. The highest BCUT2D eigenvalue weighted by atomic mass is 16.5. The fourth-order valence-electron chi connectivity index (χ4n) is 5.48. The summed E-state index contributed by atoms with van der Waals surface area (Å²) in [5, 5.41) is 6.43. The molecule has 9 heteroatoms. The molecule has 2 fully saturated rings. The average molecular weight is 585 g/mol. The van der Waals surface area contributed by atoms with Crippen LogP contribution in [0.4, 0.5) is 28.6 Å². The Hall–Kier alpha value is -4.24. The predicted molar refractivity (Wildman–Crippen MR) is 176 cm³/mol. The minimum absolute atomic E-state index is 0.161. The molecule has 3 heterocycles. The third-order valence-corrected chi connectivity index (χ3v) is 7.95. The molecule has 43 heavy (non-hydrogen) atoms. The van der Waals surface area contributed by atoms with Crippen molar-refractivity contribution in [2.24, 2.45) is 0 Å². The van der Waals surface area contributed by atoms with Gasteiger partial charge in [0.1, 0.15) is 23.0 Å². The van der Waals surface area contributed by atoms with Crippen LogP contribution < -0.4 is 29.9 Å². The van der Waals surface area contributed by atoms with Crippen LogP contribution >= 0.6 is 0 Å². The third-order valence-electron chi connectivity index (χ3n) is 7.95. The van der Waals surface area contributed by atoms with Gasteiger partial charge < -0.3 is 34.8 Å². The third kappa shape index (κ3) is 7.78. The van der Waals surface area contributed by atoms with Crippen LogP contribution in [0.1, 0.15) is 38.7 Å². The van der Waals surface area contributed by atoms with Crippen molar-refractivity contribution in [3.8, 4) is 17.4 Å². The van der Waals surface area contributed by atoms with E-state index < -0.39 is 0 Å². The van der Waals surface area contributed by atoms with E-state index in [0.29, 0.717) is 23.1 Å². The number of pyridine rings is 1. The van der Waals surface area contributed by atoms with Crippen molar-refractivity contribution >= 4 is 34.5 Å². The first kappa shape index (κ1) is 30.2. The molecule has 2 aliphatic rings. The summed E-state index contributed by atoms with van der Waals surface area (Å²) in [6, 6.07) is 16.1. The first-order chi connectivity index (χ1) is 20.8. The zero-order chi connectivity index (χ0) is 30.3. The number of aromatic nitrogens is 1. The number of benzene rings is 2. The maximum Gasteiger partial charge on any atom is 0.248 e. The molecule has 2 N–H and O–H groups in total. The van der Waals surface area contributed by atoms with Crippen molar-refractivity contribution in [1.82, 2.24) is 9.88 Å². The van der Waals surface area contributed by atoms with Crippen molar-refractivity contribution in [3.63, 3.8) is 0 Å². The molecular formula is C34H44N6O3. The molecule has 228 valence electrons. The first-order valence-corrected chi connectivity index (χ1v) is 15.2. The fourth-order valence-corrected chi connectivity index (χ4v) is 5.48. The molecule has 0 radical (unpaired) electrons. The van der Waals surface area contributed by atoms with Crippen LogP contribution in [-0.4, -0.2) is 69.2 Å². The molecule has 1 amide bonds. The second-order valence-corrected chi connectivity index (χ2v) is 11.7. The Kier molecular flexibility index (Phi) is 9.72. The zero-order valence-corrected chi connectivity index (χ0v) is 26.1. The predicted octanol–water partition coefficient (Wildman–Crippen LogP) is 6.58. The molecule has 9 nitrogen and oxygen atoms in total. The molecular weight excluding hydrogens is 540 g/mol. The van der Waals surface area contributed by atoms with Gasteiger partial charge in [-0.3, -0.25) is 4.79 Å². The summed E-state index contributed by atoms with van der Waals surface area (Å²) in [5.74, 6) is 2.38. The molecule has 0 atom stereocenters. The molecule has 0 bridgehead atoms. The van der Waals surface area contributed by atoms with Crippen LogP contribution in [0.25, 0.3) is 0 Å². The SMILES string of the molecule is COc1cc(N2CCN(C)CC2)ccc1Nc1ccc(N2CCCCC2)c(Oc2ccc(C)c(NC(=O)C=C(C)C)c2)n1. The minimum atomic E-state index is -0.161. The lowest BCUT2D eigenvalue weighted by atomic mass is 10.1. The molecule has 5 rings (SSSR count). The normalized spacial score (nSPS) is 15.6. The van der Waals surface area contributed by atoms with Crippen molar-refractivity contribution in [2.45, 2.75) is 40.0 Å². The number of rotatable bonds is 9. The number of ether oxygens (including phenoxy) is 2. The van der Waals surface area contributed by atoms with E-state index in [2.05, 4.69) is 56.6 Å². The molecule has 2 saturated heterocycles. The highest BCUT2D eigenvalue weighted by molar-refractivity contribution is 6.00. The number of hydrogen-bond donors (Lipinski definition) is 2. The maximum absolute atomic E-state index is 12.4. The molecule has 2 aromatic carbocycles. The number of methoxy groups -OCH3 is 1. The highest BCUT2D eigenvalue weighted by Gasteiger charge is 2.20. The van der Waals surface area contributed by atoms with Gasteiger partial charge in [-0.25, -0.2) is 0 Å². The molecule has 3 aromatic rings. The number of nitrogens with one attached hydrogen (secondary N) is 2. The van der Waals surface area contributed by atoms with E-state index in [9.17, 15) is 4.79 Å². The number of allylic oxidation sites excluding steroid dienone is 1. The molecule has 2 aliphatic heterocycles. The number of likely N-dealkylation sites (N-methyl/N-ethyl adjacent to an activating group) is 1. The van der Waals surface area contributed by atoms with Crippen molar-refractivity contribution in [3.05, 3.63) is 65.7 Å². The molecule has 1 aromatic heterocycles. The molecule has 0 aliphatic carbocycles. The molecule has 0 saturated carbocycles. The van der Waals surface area contributed by atoms with E-state index in [1.165, 1.54) is 6.42 Å². The number of hydrogen-bond acceptors (Lipinski definition) is 8. The number of piperidine rings is 1. The van der Waals surface area contributed by atoms with E-state index in [4.69, 9.17) is 14.5 Å². The maximum atomic E-state index is 12.4. The van der Waals surface area contributed by atoms with Crippen molar-refractivity contribution in [1.29, 1.82) is 0 Å². The highest BCUT2D eigenvalue weighted by Crippen LogP contribution is 2.37. The van der Waals surface area contributed by atoms with Crippen LogP contribution in [0.5, 0.6) is 17.4 Å². The second-order valence-electron chi connectivity index (χ2n) is 11.7. The van der Waals surface area contributed by atoms with Gasteiger partial charge in [0.15, 0.2) is 0 Å². The van der Waals surface area contributed by atoms with Gasteiger partial charge in [-0.15, -0.1) is 0 Å². The Morgan fingerprint density at radius 3 is 2.37 bits per heavy atom. The summed E-state index contributed by atoms with van der Waals surface area (Å²) in [6.07, 6.45) is 5.10. The summed E-state index contributed by atoms with van der Waals surface area (Å²) >= 11 is 0. The number of carbonyl (C=O) groups is 1. The van der Waals surface area contributed by atoms with Gasteiger partial charge in [-0.2, -0.15) is 4.98 Å². The van der Waals surface area contributed by atoms with Crippen LogP contribution in [0.15, 0.2) is 60.2 Å². The number of aryl methyl sites for hydroxylation is 1. The Morgan fingerprint density at radius 1 is 0.884 bits per heavy atom. The van der Waals surface area contributed by atoms with E-state index in [1.54, 1.807) is 13.2 Å². The van der Waals surface area contributed by atoms with Gasteiger partial charge in [0.25, 0.3) is 0 Å². The van der Waals surface area contributed by atoms with Gasteiger partial charge in [-0.05, 0) is 83.0 Å². The van der Waals surface area contributed by atoms with Gasteiger partial charge in [-0.1, -0.05) is 11.6 Å². The van der Waals surface area contributed by atoms with Gasteiger partial charge >= 0.3 is 0 Å². The standard InChI is InChI=1S/C34H44N6O3/c1-24(2)21-33(41)36-29-23-27(11-9-25(29)3)43-34-30(40-15-7-6-8-16-40)13-14-32(37-34)35-28-12-10-26(22-31(28)42-5)39-19-17-38(4)18-20-39/h9-14,21-23H,6-8,15-20H2,1-5H3,(H,35,37)(H,36,41). The Bertz CT molecular complexity index is 1450. The second kappa shape index (κ2) is 13.8. The van der Waals surface area contributed by atoms with Gasteiger partial charge in [0.2, 0.25) is 11.8 Å². The fraction of sp³-hybridized carbons (Fsp3) is 0.412. The lowest BCUT2D eigenvalue weighted by Crippen LogP contribution is -2.44. The Morgan fingerprint density at radius 2 is 1.65 bits per heavy atom. The summed E-state index contributed by atoms with van der Waals surface area (Å²) in [5.41, 5.74) is 5.55. The Balaban J connectivity index is 1.41. The number of anilines is 5. The van der Waals surface area contributed by atoms with E-state index in [-0.39, 0.29) is 5.91 Å². The van der Waals surface area contributed by atoms with E-state index in [1.807, 2.05) is 45.0 Å². The van der Waals surface area contributed by atoms with Crippen LogP contribution in [0.2, 0.25) is 0 Å². The zero-order valence-electron chi connectivity index (χ0n) is 26.1. The van der Waals surface area contributed by atoms with Crippen LogP contribution in [-0.2, 0) is 4.79 Å². The van der Waals surface area contributed by atoms with Crippen LogP contribution in [0.3, 0.4) is 0 Å². The quantitative estimate of drug-likeness (QED) is 0.273. The van der Waals surface area contributed by atoms with Gasteiger partial charge in [0, 0.05) is 68.9 Å². The monoisotopic (exact) mass is 584 g/mol. The number of nitrogens with zero attached hydrogens (tertiary/aromatic N) is 4. The minimum Gasteiger partial charge on any atom is -0.494 e. The summed E-state index contributed by atoms with van der Waals surface area (Å²) in [4.78, 5) is 24.5. The topological polar surface area (TPSA) is 82.2 Å². The van der Waals surface area contributed by atoms with E-state index >= 15 is 0 Å². The van der Waals surface area contributed by atoms with Crippen molar-refractivity contribution in [2.75, 3.05) is 73.9 Å². The van der Waals surface area contributed by atoms with Crippen molar-refractivity contribution < 1.29 is 14.3 Å². The first-order valence-electron chi connectivity index (χ1n) is 15.2. The summed E-state index contributed by atoms with van der Waals surface area (Å²) in [7, 11) is 3.86. The van der Waals surface area contributed by atoms with E-state index in [0.717, 1.165) is 86.1 Å². The smallest absolute Gasteiger partial charge is 0.248 e. The lowest BCUT2D eigenvalue weighted by Gasteiger charge is -2.34. The van der Waals surface area contributed by atoms with Gasteiger partial charge in [0.05, 0.1) is 12.8 Å². The summed E-state index contributed by atoms with van der Waals surface area (Å²) in [6.45, 7) is 11.8. The lowest BCUT2D eigenvalue weighted by molar-refractivity contribution is -0.111. The number of piperazine rings is 1. The number of amides is 1.